The third-order valence-electron chi connectivity index (χ3n) is 2.31. The van der Waals surface area contributed by atoms with Crippen molar-refractivity contribution < 1.29 is 4.84 Å². The first kappa shape index (κ1) is 13.1. The highest BCUT2D eigenvalue weighted by Gasteiger charge is 2.14. The van der Waals surface area contributed by atoms with Gasteiger partial charge in [0.1, 0.15) is 6.61 Å². The predicted molar refractivity (Wildman–Crippen MR) is 78.1 cm³/mol. The molecule has 2 nitrogen and oxygen atoms in total. The Morgan fingerprint density at radius 1 is 1.29 bits per heavy atom. The Hall–Kier alpha value is -0.320. The fourth-order valence-corrected chi connectivity index (χ4v) is 3.56. The number of halogens is 1. The first-order valence-corrected chi connectivity index (χ1v) is 7.87. The van der Waals surface area contributed by atoms with Gasteiger partial charge in [-0.15, -0.1) is 23.5 Å². The van der Waals surface area contributed by atoms with Crippen LogP contribution in [0.4, 0.5) is 0 Å². The number of thioether (sulfide) groups is 2. The van der Waals surface area contributed by atoms with Crippen LogP contribution in [-0.4, -0.2) is 21.8 Å². The summed E-state index contributed by atoms with van der Waals surface area (Å²) in [6.07, 6.45) is 0. The Kier molecular flexibility index (Phi) is 5.07. The van der Waals surface area contributed by atoms with Crippen molar-refractivity contribution in [3.8, 4) is 0 Å². The van der Waals surface area contributed by atoms with Crippen molar-refractivity contribution in [1.82, 2.24) is 0 Å². The second kappa shape index (κ2) is 6.57. The summed E-state index contributed by atoms with van der Waals surface area (Å²) >= 11 is 9.63. The topological polar surface area (TPSA) is 21.6 Å². The maximum atomic E-state index is 5.81. The molecule has 0 bridgehead atoms. The van der Waals surface area contributed by atoms with E-state index in [2.05, 4.69) is 12.1 Å². The summed E-state index contributed by atoms with van der Waals surface area (Å²) in [4.78, 5) is 5.35. The number of rotatable bonds is 3. The highest BCUT2D eigenvalue weighted by molar-refractivity contribution is 8.18. The molecular formula is C12H14ClNOS2. The van der Waals surface area contributed by atoms with Crippen LogP contribution in [0, 0.1) is 0 Å². The van der Waals surface area contributed by atoms with Gasteiger partial charge in [0, 0.05) is 21.1 Å². The molecule has 92 valence electrons. The molecule has 0 aromatic heterocycles. The van der Waals surface area contributed by atoms with Crippen LogP contribution in [0.2, 0.25) is 5.02 Å². The van der Waals surface area contributed by atoms with E-state index in [1.807, 2.05) is 47.8 Å². The van der Waals surface area contributed by atoms with Gasteiger partial charge in [0.25, 0.3) is 0 Å². The average molecular weight is 288 g/mol. The standard InChI is InChI=1S/C12H14ClNOS2/c1-9-16-7-12(8-17-9)14-15-6-10-2-4-11(13)5-3-10/h2-5,9H,6-8H2,1H3. The smallest absolute Gasteiger partial charge is 0.142 e. The maximum Gasteiger partial charge on any atom is 0.142 e. The second-order valence-corrected chi connectivity index (χ2v) is 7.14. The predicted octanol–water partition coefficient (Wildman–Crippen LogP) is 4.04. The van der Waals surface area contributed by atoms with Gasteiger partial charge < -0.3 is 4.84 Å². The van der Waals surface area contributed by atoms with Gasteiger partial charge in [-0.1, -0.05) is 28.9 Å². The molecule has 0 atom stereocenters. The van der Waals surface area contributed by atoms with Gasteiger partial charge in [0.15, 0.2) is 0 Å². The lowest BCUT2D eigenvalue weighted by Crippen LogP contribution is -2.15. The molecule has 0 unspecified atom stereocenters. The van der Waals surface area contributed by atoms with Crippen molar-refractivity contribution in [2.45, 2.75) is 18.1 Å². The molecule has 1 fully saturated rings. The fourth-order valence-electron chi connectivity index (χ4n) is 1.35. The van der Waals surface area contributed by atoms with Crippen molar-refractivity contribution in [2.24, 2.45) is 5.16 Å². The normalized spacial score (nSPS) is 20.1. The van der Waals surface area contributed by atoms with E-state index in [0.717, 1.165) is 27.8 Å². The van der Waals surface area contributed by atoms with Gasteiger partial charge in [-0.25, -0.2) is 0 Å². The second-order valence-electron chi connectivity index (χ2n) is 3.75. The lowest BCUT2D eigenvalue weighted by atomic mass is 10.2. The van der Waals surface area contributed by atoms with Crippen molar-refractivity contribution in [3.63, 3.8) is 0 Å². The highest BCUT2D eigenvalue weighted by Crippen LogP contribution is 2.28. The first-order valence-electron chi connectivity index (χ1n) is 5.39. The Morgan fingerprint density at radius 3 is 2.59 bits per heavy atom. The van der Waals surface area contributed by atoms with Crippen LogP contribution in [0.5, 0.6) is 0 Å². The summed E-state index contributed by atoms with van der Waals surface area (Å²) in [5, 5.41) is 4.92. The third-order valence-corrected chi connectivity index (χ3v) is 5.31. The molecule has 0 radical (unpaired) electrons. The van der Waals surface area contributed by atoms with E-state index < -0.39 is 0 Å². The van der Waals surface area contributed by atoms with Crippen molar-refractivity contribution in [2.75, 3.05) is 11.5 Å². The lowest BCUT2D eigenvalue weighted by Gasteiger charge is -2.17. The van der Waals surface area contributed by atoms with Crippen LogP contribution in [-0.2, 0) is 11.4 Å². The molecule has 0 amide bonds. The molecule has 0 N–H and O–H groups in total. The van der Waals surface area contributed by atoms with Gasteiger partial charge in [-0.05, 0) is 24.6 Å². The molecule has 0 spiro atoms. The molecule has 1 aliphatic heterocycles. The number of hydrogen-bond acceptors (Lipinski definition) is 4. The molecule has 5 heteroatoms. The SMILES string of the molecule is CC1SCC(=NOCc2ccc(Cl)cc2)CS1. The molecule has 17 heavy (non-hydrogen) atoms. The molecule has 2 rings (SSSR count). The van der Waals surface area contributed by atoms with Crippen LogP contribution in [0.1, 0.15) is 12.5 Å². The minimum absolute atomic E-state index is 0.506. The molecule has 1 aromatic carbocycles. The van der Waals surface area contributed by atoms with E-state index >= 15 is 0 Å². The summed E-state index contributed by atoms with van der Waals surface area (Å²) < 4.78 is 0.671. The van der Waals surface area contributed by atoms with E-state index in [0.29, 0.717) is 11.2 Å². The van der Waals surface area contributed by atoms with Gasteiger partial charge in [-0.3, -0.25) is 0 Å². The Balaban J connectivity index is 1.79. The Labute approximate surface area is 115 Å². The third kappa shape index (κ3) is 4.45. The quantitative estimate of drug-likeness (QED) is 0.783. The zero-order chi connectivity index (χ0) is 12.1. The van der Waals surface area contributed by atoms with E-state index in [9.17, 15) is 0 Å². The molecule has 1 saturated heterocycles. The van der Waals surface area contributed by atoms with Gasteiger partial charge in [0.2, 0.25) is 0 Å². The first-order chi connectivity index (χ1) is 8.24. The van der Waals surface area contributed by atoms with Crippen LogP contribution in [0.15, 0.2) is 29.4 Å². The largest absolute Gasteiger partial charge is 0.391 e. The number of oxime groups is 1. The zero-order valence-corrected chi connectivity index (χ0v) is 11.9. The number of benzene rings is 1. The molecule has 1 aromatic rings. The summed E-state index contributed by atoms with van der Waals surface area (Å²) in [6.45, 7) is 2.73. The van der Waals surface area contributed by atoms with Gasteiger partial charge in [-0.2, -0.15) is 0 Å². The fraction of sp³-hybridized carbons (Fsp3) is 0.417. The van der Waals surface area contributed by atoms with Crippen molar-refractivity contribution in [1.29, 1.82) is 0 Å². The molecule has 0 aliphatic carbocycles. The van der Waals surface area contributed by atoms with Crippen molar-refractivity contribution in [3.05, 3.63) is 34.9 Å². The van der Waals surface area contributed by atoms with Crippen LogP contribution < -0.4 is 0 Å². The molecular weight excluding hydrogens is 274 g/mol. The molecule has 0 saturated carbocycles. The maximum absolute atomic E-state index is 5.81. The summed E-state index contributed by atoms with van der Waals surface area (Å²) in [5.74, 6) is 1.96. The lowest BCUT2D eigenvalue weighted by molar-refractivity contribution is 0.130. The van der Waals surface area contributed by atoms with E-state index in [-0.39, 0.29) is 0 Å². The average Bonchev–Trinajstić information content (AvgIpc) is 2.34. The minimum Gasteiger partial charge on any atom is -0.391 e. The minimum atomic E-state index is 0.506. The van der Waals surface area contributed by atoms with Gasteiger partial charge in [0.05, 0.1) is 5.71 Å². The molecule has 1 aliphatic rings. The van der Waals surface area contributed by atoms with Gasteiger partial charge >= 0.3 is 0 Å². The highest BCUT2D eigenvalue weighted by atomic mass is 35.5. The summed E-state index contributed by atoms with van der Waals surface area (Å²) in [6, 6.07) is 7.63. The number of nitrogens with zero attached hydrogens (tertiary/aromatic N) is 1. The number of hydrogen-bond donors (Lipinski definition) is 0. The van der Waals surface area contributed by atoms with E-state index in [1.54, 1.807) is 0 Å². The van der Waals surface area contributed by atoms with Crippen LogP contribution in [0.25, 0.3) is 0 Å². The summed E-state index contributed by atoms with van der Waals surface area (Å²) in [5.41, 5.74) is 2.22. The van der Waals surface area contributed by atoms with Crippen LogP contribution >= 0.6 is 35.1 Å². The van der Waals surface area contributed by atoms with E-state index in [4.69, 9.17) is 16.4 Å². The molecule has 1 heterocycles. The Bertz CT molecular complexity index is 384. The summed E-state index contributed by atoms with van der Waals surface area (Å²) in [7, 11) is 0. The Morgan fingerprint density at radius 2 is 1.94 bits per heavy atom. The van der Waals surface area contributed by atoms with E-state index in [1.165, 1.54) is 0 Å². The zero-order valence-electron chi connectivity index (χ0n) is 9.56. The monoisotopic (exact) mass is 287 g/mol. The van der Waals surface area contributed by atoms with Crippen molar-refractivity contribution >= 4 is 40.8 Å². The van der Waals surface area contributed by atoms with Crippen LogP contribution in [0.3, 0.4) is 0 Å².